The molecule has 0 spiro atoms. The number of hydrogen-bond acceptors (Lipinski definition) is 6. The Bertz CT molecular complexity index is 1420. The summed E-state index contributed by atoms with van der Waals surface area (Å²) in [6.45, 7) is 2.02. The van der Waals surface area contributed by atoms with Gasteiger partial charge in [-0.1, -0.05) is 29.8 Å². The Kier molecular flexibility index (Phi) is 4.43. The van der Waals surface area contributed by atoms with Gasteiger partial charge in [0.1, 0.15) is 11.5 Å². The van der Waals surface area contributed by atoms with Crippen LogP contribution in [0.3, 0.4) is 0 Å². The first-order valence-corrected chi connectivity index (χ1v) is 9.57. The zero-order valence-electron chi connectivity index (χ0n) is 16.8. The molecule has 0 radical (unpaired) electrons. The number of fused-ring (bicyclic) bond motifs is 3. The Balaban J connectivity index is 1.77. The van der Waals surface area contributed by atoms with E-state index in [1.807, 2.05) is 31.2 Å². The van der Waals surface area contributed by atoms with Crippen molar-refractivity contribution in [1.29, 1.82) is 0 Å². The molecule has 9 heteroatoms. The molecule has 0 saturated heterocycles. The number of carbonyl (C=O) groups excluding carboxylic acids is 1. The molecule has 3 heterocycles. The third-order valence-electron chi connectivity index (χ3n) is 5.07. The lowest BCUT2D eigenvalue weighted by molar-refractivity contribution is -0.139. The molecule has 2 aromatic carbocycles. The van der Waals surface area contributed by atoms with E-state index >= 15 is 0 Å². The molecule has 0 aliphatic heterocycles. The largest absolute Gasteiger partial charge is 0.469 e. The van der Waals surface area contributed by atoms with Crippen LogP contribution in [0.15, 0.2) is 54.7 Å². The van der Waals surface area contributed by atoms with Gasteiger partial charge in [0.25, 0.3) is 0 Å². The van der Waals surface area contributed by atoms with Crippen LogP contribution in [0, 0.1) is 12.7 Å². The molecule has 0 N–H and O–H groups in total. The van der Waals surface area contributed by atoms with Crippen molar-refractivity contribution in [2.75, 3.05) is 7.11 Å². The monoisotopic (exact) mass is 416 g/mol. The average molecular weight is 416 g/mol. The van der Waals surface area contributed by atoms with Crippen LogP contribution in [0.5, 0.6) is 0 Å². The highest BCUT2D eigenvalue weighted by Gasteiger charge is 2.22. The first-order valence-electron chi connectivity index (χ1n) is 9.57. The fourth-order valence-electron chi connectivity index (χ4n) is 3.45. The molecule has 31 heavy (non-hydrogen) atoms. The van der Waals surface area contributed by atoms with E-state index in [9.17, 15) is 9.18 Å². The van der Waals surface area contributed by atoms with Crippen LogP contribution < -0.4 is 0 Å². The molecule has 5 rings (SSSR count). The first kappa shape index (κ1) is 18.9. The van der Waals surface area contributed by atoms with Gasteiger partial charge >= 0.3 is 5.97 Å². The molecule has 0 atom stereocenters. The molecule has 0 aliphatic rings. The van der Waals surface area contributed by atoms with Gasteiger partial charge in [-0.25, -0.2) is 9.07 Å². The summed E-state index contributed by atoms with van der Waals surface area (Å²) >= 11 is 0. The second-order valence-corrected chi connectivity index (χ2v) is 7.12. The highest BCUT2D eigenvalue weighted by Crippen LogP contribution is 2.27. The quantitative estimate of drug-likeness (QED) is 0.418. The number of aryl methyl sites for hydroxylation is 1. The van der Waals surface area contributed by atoms with E-state index in [-0.39, 0.29) is 12.2 Å². The summed E-state index contributed by atoms with van der Waals surface area (Å²) in [5, 5.41) is 17.8. The second-order valence-electron chi connectivity index (χ2n) is 7.12. The molecular formula is C22H17FN6O2. The van der Waals surface area contributed by atoms with Crippen LogP contribution >= 0.6 is 0 Å². The van der Waals surface area contributed by atoms with Gasteiger partial charge in [-0.2, -0.15) is 14.7 Å². The number of rotatable bonds is 4. The number of esters is 1. The lowest BCUT2D eigenvalue weighted by Gasteiger charge is -2.04. The van der Waals surface area contributed by atoms with Crippen molar-refractivity contribution in [3.63, 3.8) is 0 Å². The number of methoxy groups -OCH3 is 1. The summed E-state index contributed by atoms with van der Waals surface area (Å²) in [7, 11) is 1.31. The van der Waals surface area contributed by atoms with Crippen LogP contribution in [0.2, 0.25) is 0 Å². The minimum Gasteiger partial charge on any atom is -0.469 e. The summed E-state index contributed by atoms with van der Waals surface area (Å²) in [6, 6.07) is 13.9. The van der Waals surface area contributed by atoms with Gasteiger partial charge in [0, 0.05) is 5.56 Å². The summed E-state index contributed by atoms with van der Waals surface area (Å²) in [5.41, 5.74) is 5.40. The third kappa shape index (κ3) is 3.20. The molecule has 0 fully saturated rings. The van der Waals surface area contributed by atoms with Gasteiger partial charge in [-0.15, -0.1) is 10.2 Å². The number of ether oxygens (including phenoxy) is 1. The smallest absolute Gasteiger partial charge is 0.311 e. The van der Waals surface area contributed by atoms with Crippen LogP contribution in [-0.4, -0.2) is 42.7 Å². The number of aromatic nitrogens is 6. The van der Waals surface area contributed by atoms with E-state index in [2.05, 4.69) is 20.4 Å². The maximum atomic E-state index is 13.5. The zero-order chi connectivity index (χ0) is 21.5. The first-order chi connectivity index (χ1) is 15.0. The lowest BCUT2D eigenvalue weighted by Crippen LogP contribution is -2.06. The Morgan fingerprint density at radius 3 is 2.52 bits per heavy atom. The van der Waals surface area contributed by atoms with Gasteiger partial charge in [0.05, 0.1) is 25.4 Å². The molecular weight excluding hydrogens is 399 g/mol. The highest BCUT2D eigenvalue weighted by molar-refractivity contribution is 5.85. The molecule has 0 aliphatic carbocycles. The van der Waals surface area contributed by atoms with E-state index in [0.29, 0.717) is 28.2 Å². The SMILES string of the molecule is COC(=O)Cc1nn(-c2ccc(F)cc2)c2c1nnc1c(-c3ccc(C)cc3)cnn12. The molecule has 5 aromatic rings. The molecule has 0 unspecified atom stereocenters. The molecule has 0 amide bonds. The third-order valence-corrected chi connectivity index (χ3v) is 5.07. The average Bonchev–Trinajstić information content (AvgIpc) is 3.36. The van der Waals surface area contributed by atoms with Gasteiger partial charge in [0.15, 0.2) is 16.8 Å². The van der Waals surface area contributed by atoms with E-state index in [0.717, 1.165) is 16.7 Å². The molecule has 0 bridgehead atoms. The van der Waals surface area contributed by atoms with Crippen molar-refractivity contribution in [1.82, 2.24) is 29.6 Å². The predicted octanol–water partition coefficient (Wildman–Crippen LogP) is 3.29. The predicted molar refractivity (Wildman–Crippen MR) is 111 cm³/mol. The van der Waals surface area contributed by atoms with E-state index in [4.69, 9.17) is 4.74 Å². The van der Waals surface area contributed by atoms with Crippen LogP contribution in [0.1, 0.15) is 11.3 Å². The maximum Gasteiger partial charge on any atom is 0.311 e. The Morgan fingerprint density at radius 1 is 1.06 bits per heavy atom. The normalized spacial score (nSPS) is 11.3. The molecule has 154 valence electrons. The lowest BCUT2D eigenvalue weighted by atomic mass is 10.1. The minimum atomic E-state index is -0.451. The van der Waals surface area contributed by atoms with Crippen molar-refractivity contribution in [2.45, 2.75) is 13.3 Å². The minimum absolute atomic E-state index is 0.0759. The van der Waals surface area contributed by atoms with Crippen LogP contribution in [0.4, 0.5) is 4.39 Å². The number of carbonyl (C=O) groups is 1. The van der Waals surface area contributed by atoms with E-state index in [1.54, 1.807) is 27.5 Å². The number of hydrogen-bond donors (Lipinski definition) is 0. The molecule has 0 saturated carbocycles. The second kappa shape index (κ2) is 7.28. The molecule has 8 nitrogen and oxygen atoms in total. The van der Waals surface area contributed by atoms with Gasteiger partial charge in [-0.05, 0) is 36.8 Å². The number of halogens is 1. The van der Waals surface area contributed by atoms with Crippen molar-refractivity contribution < 1.29 is 13.9 Å². The van der Waals surface area contributed by atoms with Crippen LogP contribution in [-0.2, 0) is 16.0 Å². The van der Waals surface area contributed by atoms with Crippen molar-refractivity contribution in [3.05, 3.63) is 71.8 Å². The highest BCUT2D eigenvalue weighted by atomic mass is 19.1. The van der Waals surface area contributed by atoms with Gasteiger partial charge in [-0.3, -0.25) is 4.79 Å². The fraction of sp³-hybridized carbons (Fsp3) is 0.136. The van der Waals surface area contributed by atoms with Crippen LogP contribution in [0.25, 0.3) is 33.6 Å². The zero-order valence-corrected chi connectivity index (χ0v) is 16.8. The summed E-state index contributed by atoms with van der Waals surface area (Å²) in [5.74, 6) is -0.811. The number of benzene rings is 2. The Morgan fingerprint density at radius 2 is 1.81 bits per heavy atom. The van der Waals surface area contributed by atoms with E-state index < -0.39 is 5.97 Å². The fourth-order valence-corrected chi connectivity index (χ4v) is 3.45. The van der Waals surface area contributed by atoms with E-state index in [1.165, 1.54) is 19.2 Å². The molecule has 3 aromatic heterocycles. The number of nitrogens with zero attached hydrogens (tertiary/aromatic N) is 6. The van der Waals surface area contributed by atoms with Crippen molar-refractivity contribution in [2.24, 2.45) is 0 Å². The summed E-state index contributed by atoms with van der Waals surface area (Å²) < 4.78 is 21.5. The van der Waals surface area contributed by atoms with Crippen molar-refractivity contribution in [3.8, 4) is 16.8 Å². The Labute approximate surface area is 175 Å². The van der Waals surface area contributed by atoms with Gasteiger partial charge < -0.3 is 4.74 Å². The Hall–Kier alpha value is -4.14. The standard InChI is InChI=1S/C22H17FN6O2/c1-13-3-5-14(6-4-13)17-12-24-29-21(17)26-25-20-18(11-19(30)31-2)27-28(22(20)29)16-9-7-15(23)8-10-16/h3-10,12H,11H2,1-2H3. The topological polar surface area (TPSA) is 87.2 Å². The summed E-state index contributed by atoms with van der Waals surface area (Å²) in [6.07, 6.45) is 1.64. The van der Waals surface area contributed by atoms with Gasteiger partial charge in [0.2, 0.25) is 0 Å². The summed E-state index contributed by atoms with van der Waals surface area (Å²) in [4.78, 5) is 11.9. The van der Waals surface area contributed by atoms with Crippen molar-refractivity contribution >= 4 is 22.8 Å². The maximum absolute atomic E-state index is 13.5.